The van der Waals surface area contributed by atoms with Crippen LogP contribution in [0.1, 0.15) is 25.8 Å². The van der Waals surface area contributed by atoms with E-state index in [0.29, 0.717) is 6.42 Å². The van der Waals surface area contributed by atoms with E-state index in [2.05, 4.69) is 10.6 Å². The summed E-state index contributed by atoms with van der Waals surface area (Å²) >= 11 is 0. The highest BCUT2D eigenvalue weighted by Gasteiger charge is 2.26. The molecule has 0 fully saturated rings. The molecule has 0 heterocycles. The van der Waals surface area contributed by atoms with Gasteiger partial charge in [0.1, 0.15) is 19.2 Å². The SMILES string of the molecule is CC[C@H](C)[C@H](NC(=O)OCc1ccccc1)C(=O)NCC#N. The largest absolute Gasteiger partial charge is 0.445 e. The van der Waals surface area contributed by atoms with Gasteiger partial charge in [-0.2, -0.15) is 5.26 Å². The van der Waals surface area contributed by atoms with Crippen molar-refractivity contribution in [3.8, 4) is 6.07 Å². The molecule has 0 aliphatic carbocycles. The molecule has 0 unspecified atom stereocenters. The molecule has 0 saturated heterocycles. The summed E-state index contributed by atoms with van der Waals surface area (Å²) in [7, 11) is 0. The minimum atomic E-state index is -0.721. The molecule has 1 aromatic carbocycles. The fraction of sp³-hybridized carbons (Fsp3) is 0.438. The zero-order chi connectivity index (χ0) is 16.4. The fourth-order valence-electron chi connectivity index (χ4n) is 1.83. The van der Waals surface area contributed by atoms with Crippen molar-refractivity contribution in [3.05, 3.63) is 35.9 Å². The van der Waals surface area contributed by atoms with E-state index in [1.807, 2.05) is 50.2 Å². The van der Waals surface area contributed by atoms with Gasteiger partial charge in [-0.15, -0.1) is 0 Å². The van der Waals surface area contributed by atoms with Gasteiger partial charge in [0.15, 0.2) is 0 Å². The average Bonchev–Trinajstić information content (AvgIpc) is 2.55. The summed E-state index contributed by atoms with van der Waals surface area (Å²) in [5.74, 6) is -0.449. The van der Waals surface area contributed by atoms with Gasteiger partial charge in [0.25, 0.3) is 0 Å². The van der Waals surface area contributed by atoms with Crippen molar-refractivity contribution >= 4 is 12.0 Å². The lowest BCUT2D eigenvalue weighted by molar-refractivity contribution is -0.124. The zero-order valence-corrected chi connectivity index (χ0v) is 12.8. The number of carbonyl (C=O) groups excluding carboxylic acids is 2. The van der Waals surface area contributed by atoms with E-state index in [-0.39, 0.29) is 25.0 Å². The van der Waals surface area contributed by atoms with E-state index in [1.54, 1.807) is 0 Å². The molecule has 2 amide bonds. The van der Waals surface area contributed by atoms with Gasteiger partial charge in [0.2, 0.25) is 5.91 Å². The Labute approximate surface area is 130 Å². The van der Waals surface area contributed by atoms with Gasteiger partial charge >= 0.3 is 6.09 Å². The van der Waals surface area contributed by atoms with E-state index >= 15 is 0 Å². The lowest BCUT2D eigenvalue weighted by Gasteiger charge is -2.22. The molecular weight excluding hydrogens is 282 g/mol. The molecule has 1 aromatic rings. The van der Waals surface area contributed by atoms with Gasteiger partial charge in [0.05, 0.1) is 6.07 Å². The van der Waals surface area contributed by atoms with Crippen LogP contribution in [-0.2, 0) is 16.1 Å². The predicted molar refractivity (Wildman–Crippen MR) is 81.6 cm³/mol. The molecule has 0 saturated carbocycles. The summed E-state index contributed by atoms with van der Waals surface area (Å²) in [6.45, 7) is 3.83. The highest BCUT2D eigenvalue weighted by Crippen LogP contribution is 2.09. The number of hydrogen-bond acceptors (Lipinski definition) is 4. The van der Waals surface area contributed by atoms with Crippen molar-refractivity contribution in [2.75, 3.05) is 6.54 Å². The Morgan fingerprint density at radius 2 is 2.00 bits per heavy atom. The van der Waals surface area contributed by atoms with Crippen molar-refractivity contribution < 1.29 is 14.3 Å². The summed E-state index contributed by atoms with van der Waals surface area (Å²) in [6, 6.07) is 10.4. The standard InChI is InChI=1S/C16H21N3O3/c1-3-12(2)14(15(20)18-10-9-17)19-16(21)22-11-13-7-5-4-6-8-13/h4-8,12,14H,3,10-11H2,1-2H3,(H,18,20)(H,19,21)/t12-,14-/m0/s1. The molecule has 6 heteroatoms. The van der Waals surface area contributed by atoms with Gasteiger partial charge in [-0.3, -0.25) is 4.79 Å². The first-order valence-corrected chi connectivity index (χ1v) is 7.20. The Hall–Kier alpha value is -2.55. The minimum absolute atomic E-state index is 0.0667. The summed E-state index contributed by atoms with van der Waals surface area (Å²) in [5, 5.41) is 13.5. The number of benzene rings is 1. The van der Waals surface area contributed by atoms with Crippen LogP contribution in [0, 0.1) is 17.2 Å². The molecule has 6 nitrogen and oxygen atoms in total. The van der Waals surface area contributed by atoms with E-state index in [9.17, 15) is 9.59 Å². The van der Waals surface area contributed by atoms with Crippen LogP contribution in [0.2, 0.25) is 0 Å². The molecule has 0 aromatic heterocycles. The Balaban J connectivity index is 2.55. The molecule has 0 aliphatic rings. The van der Waals surface area contributed by atoms with Crippen molar-refractivity contribution in [2.45, 2.75) is 32.9 Å². The number of ether oxygens (including phenoxy) is 1. The predicted octanol–water partition coefficient (Wildman–Crippen LogP) is 1.97. The maximum atomic E-state index is 12.0. The minimum Gasteiger partial charge on any atom is -0.445 e. The van der Waals surface area contributed by atoms with Gasteiger partial charge in [0, 0.05) is 0 Å². The first-order chi connectivity index (χ1) is 10.6. The summed E-state index contributed by atoms with van der Waals surface area (Å²) < 4.78 is 5.11. The molecule has 2 atom stereocenters. The van der Waals surface area contributed by atoms with Crippen molar-refractivity contribution in [1.29, 1.82) is 5.26 Å². The summed E-state index contributed by atoms with van der Waals surface area (Å²) in [5.41, 5.74) is 0.867. The van der Waals surface area contributed by atoms with Crippen LogP contribution < -0.4 is 10.6 Å². The third-order valence-electron chi connectivity index (χ3n) is 3.32. The second-order valence-electron chi connectivity index (χ2n) is 4.95. The van der Waals surface area contributed by atoms with Crippen LogP contribution in [0.25, 0.3) is 0 Å². The average molecular weight is 303 g/mol. The lowest BCUT2D eigenvalue weighted by atomic mass is 9.98. The number of amides is 2. The van der Waals surface area contributed by atoms with Crippen molar-refractivity contribution in [3.63, 3.8) is 0 Å². The van der Waals surface area contributed by atoms with Crippen LogP contribution in [-0.4, -0.2) is 24.6 Å². The molecule has 1 rings (SSSR count). The Morgan fingerprint density at radius 3 is 2.59 bits per heavy atom. The van der Waals surface area contributed by atoms with Gasteiger partial charge in [-0.1, -0.05) is 50.6 Å². The second-order valence-corrected chi connectivity index (χ2v) is 4.95. The number of nitriles is 1. The van der Waals surface area contributed by atoms with Crippen LogP contribution in [0.4, 0.5) is 4.79 Å². The highest BCUT2D eigenvalue weighted by molar-refractivity contribution is 5.86. The zero-order valence-electron chi connectivity index (χ0n) is 12.8. The summed E-state index contributed by atoms with van der Waals surface area (Å²) in [6.07, 6.45) is 0.0603. The Kier molecular flexibility index (Phi) is 7.48. The number of hydrogen-bond donors (Lipinski definition) is 2. The quantitative estimate of drug-likeness (QED) is 0.753. The van der Waals surface area contributed by atoms with Gasteiger partial charge in [-0.25, -0.2) is 4.79 Å². The number of rotatable bonds is 7. The molecular formula is C16H21N3O3. The van der Waals surface area contributed by atoms with Crippen LogP contribution in [0.5, 0.6) is 0 Å². The van der Waals surface area contributed by atoms with Crippen LogP contribution >= 0.6 is 0 Å². The van der Waals surface area contributed by atoms with E-state index in [1.165, 1.54) is 0 Å². The van der Waals surface area contributed by atoms with E-state index in [4.69, 9.17) is 10.00 Å². The second kappa shape index (κ2) is 9.40. The monoisotopic (exact) mass is 303 g/mol. The highest BCUT2D eigenvalue weighted by atomic mass is 16.5. The third kappa shape index (κ3) is 5.83. The lowest BCUT2D eigenvalue weighted by Crippen LogP contribution is -2.50. The number of alkyl carbamates (subject to hydrolysis) is 1. The maximum Gasteiger partial charge on any atom is 0.408 e. The molecule has 0 bridgehead atoms. The molecule has 0 spiro atoms. The van der Waals surface area contributed by atoms with Crippen LogP contribution in [0.15, 0.2) is 30.3 Å². The fourth-order valence-corrected chi connectivity index (χ4v) is 1.83. The first kappa shape index (κ1) is 17.5. The van der Waals surface area contributed by atoms with Crippen LogP contribution in [0.3, 0.4) is 0 Å². The van der Waals surface area contributed by atoms with Crippen molar-refractivity contribution in [2.24, 2.45) is 5.92 Å². The smallest absolute Gasteiger partial charge is 0.408 e. The van der Waals surface area contributed by atoms with E-state index in [0.717, 1.165) is 5.56 Å². The first-order valence-electron chi connectivity index (χ1n) is 7.20. The number of nitrogens with zero attached hydrogens (tertiary/aromatic N) is 1. The van der Waals surface area contributed by atoms with Crippen molar-refractivity contribution in [1.82, 2.24) is 10.6 Å². The Bertz CT molecular complexity index is 525. The number of nitrogens with one attached hydrogen (secondary N) is 2. The third-order valence-corrected chi connectivity index (χ3v) is 3.32. The summed E-state index contributed by atoms with van der Waals surface area (Å²) in [4.78, 5) is 23.8. The topological polar surface area (TPSA) is 91.2 Å². The molecule has 2 N–H and O–H groups in total. The van der Waals surface area contributed by atoms with E-state index < -0.39 is 12.1 Å². The van der Waals surface area contributed by atoms with Gasteiger partial charge in [-0.05, 0) is 11.5 Å². The molecule has 0 aliphatic heterocycles. The normalized spacial score (nSPS) is 12.6. The number of carbonyl (C=O) groups is 2. The Morgan fingerprint density at radius 1 is 1.32 bits per heavy atom. The maximum absolute atomic E-state index is 12.0. The molecule has 118 valence electrons. The molecule has 0 radical (unpaired) electrons. The molecule has 22 heavy (non-hydrogen) atoms. The van der Waals surface area contributed by atoms with Gasteiger partial charge < -0.3 is 15.4 Å².